The summed E-state index contributed by atoms with van der Waals surface area (Å²) < 4.78 is 21.5. The number of aromatic nitrogens is 1. The number of hydrogen-bond donors (Lipinski definition) is 0. The Kier molecular flexibility index (Phi) is 4.59. The highest BCUT2D eigenvalue weighted by molar-refractivity contribution is 5.82. The van der Waals surface area contributed by atoms with E-state index in [4.69, 9.17) is 4.74 Å². The lowest BCUT2D eigenvalue weighted by atomic mass is 9.58. The van der Waals surface area contributed by atoms with Crippen LogP contribution in [-0.2, 0) is 4.74 Å². The van der Waals surface area contributed by atoms with Gasteiger partial charge in [-0.2, -0.15) is 0 Å². The van der Waals surface area contributed by atoms with Gasteiger partial charge >= 0.3 is 0 Å². The third kappa shape index (κ3) is 2.89. The van der Waals surface area contributed by atoms with Crippen LogP contribution in [0.4, 0.5) is 4.39 Å². The van der Waals surface area contributed by atoms with E-state index in [2.05, 4.69) is 53.2 Å². The van der Waals surface area contributed by atoms with E-state index < -0.39 is 6.17 Å². The molecule has 2 saturated carbocycles. The molecule has 2 unspecified atom stereocenters. The summed E-state index contributed by atoms with van der Waals surface area (Å²) in [5.41, 5.74) is 4.47. The predicted octanol–water partition coefficient (Wildman–Crippen LogP) is 6.89. The summed E-state index contributed by atoms with van der Waals surface area (Å²) in [6.07, 6.45) is 18.3. The standard InChI is InChI=1S/C32H37FN2O/c1-30-11-8-25-17-24-4-5-27(35-15-10-26(33)20-35)18-31(24)12-13-32(25,36-31)29(30)7-6-28(30)22-3-2-21-9-14-34-19-23(21)16-22/h2-3,8-9,14,16-17,19,26-29H,4-7,10-13,15,18,20H2,1H3/t26-,27?,28?,29+,30-,31+,32+/m0/s1. The molecule has 1 aromatic heterocycles. The number of alkyl halides is 1. The summed E-state index contributed by atoms with van der Waals surface area (Å²) in [5, 5.41) is 2.52. The van der Waals surface area contributed by atoms with Crippen molar-refractivity contribution in [3.63, 3.8) is 0 Å². The highest BCUT2D eigenvalue weighted by Crippen LogP contribution is 2.69. The van der Waals surface area contributed by atoms with E-state index in [0.29, 0.717) is 30.8 Å². The Morgan fingerprint density at radius 1 is 1.08 bits per heavy atom. The molecule has 3 aliphatic carbocycles. The largest absolute Gasteiger partial charge is 0.359 e. The Bertz CT molecular complexity index is 1300. The molecule has 7 atom stereocenters. The molecular weight excluding hydrogens is 447 g/mol. The Hall–Kier alpha value is -2.04. The molecule has 8 rings (SSSR count). The van der Waals surface area contributed by atoms with Crippen LogP contribution in [0.5, 0.6) is 0 Å². The topological polar surface area (TPSA) is 25.4 Å². The van der Waals surface area contributed by atoms with Crippen molar-refractivity contribution in [2.75, 3.05) is 13.1 Å². The zero-order valence-corrected chi connectivity index (χ0v) is 21.4. The van der Waals surface area contributed by atoms with Crippen LogP contribution in [0.2, 0.25) is 0 Å². The number of pyridine rings is 1. The SMILES string of the molecule is C[C@@]12CC=C3C=C4CCC(N5CC[C@H](F)C5)C[C@]45CC[C@]3(O5)[C@@H]1CCC2c1ccc2ccncc2c1. The molecule has 4 heterocycles. The van der Waals surface area contributed by atoms with E-state index in [1.54, 1.807) is 0 Å². The van der Waals surface area contributed by atoms with Gasteiger partial charge < -0.3 is 4.74 Å². The van der Waals surface area contributed by atoms with Gasteiger partial charge in [0.2, 0.25) is 0 Å². The van der Waals surface area contributed by atoms with Crippen LogP contribution in [0.3, 0.4) is 0 Å². The van der Waals surface area contributed by atoms with Crippen LogP contribution in [0.15, 0.2) is 60.0 Å². The summed E-state index contributed by atoms with van der Waals surface area (Å²) in [4.78, 5) is 6.81. The van der Waals surface area contributed by atoms with Crippen LogP contribution in [-0.4, -0.2) is 46.4 Å². The van der Waals surface area contributed by atoms with E-state index in [0.717, 1.165) is 45.1 Å². The summed E-state index contributed by atoms with van der Waals surface area (Å²) >= 11 is 0. The van der Waals surface area contributed by atoms with Gasteiger partial charge in [0.1, 0.15) is 6.17 Å². The van der Waals surface area contributed by atoms with Gasteiger partial charge in [0, 0.05) is 36.9 Å². The molecule has 0 radical (unpaired) electrons. The van der Waals surface area contributed by atoms with E-state index in [-0.39, 0.29) is 16.6 Å². The third-order valence-corrected chi connectivity index (χ3v) is 11.4. The molecule has 2 spiro atoms. The molecule has 1 aromatic carbocycles. The van der Waals surface area contributed by atoms with Crippen LogP contribution < -0.4 is 0 Å². The number of nitrogens with zero attached hydrogens (tertiary/aromatic N) is 2. The maximum atomic E-state index is 14.0. The normalized spacial score (nSPS) is 43.6. The van der Waals surface area contributed by atoms with Crippen LogP contribution in [0.1, 0.15) is 76.2 Å². The molecule has 4 heteroatoms. The molecule has 6 aliphatic rings. The van der Waals surface area contributed by atoms with Gasteiger partial charge in [0.25, 0.3) is 0 Å². The number of rotatable bonds is 2. The fraction of sp³-hybridized carbons (Fsp3) is 0.594. The summed E-state index contributed by atoms with van der Waals surface area (Å²) in [6.45, 7) is 4.09. The van der Waals surface area contributed by atoms with Crippen molar-refractivity contribution in [2.45, 2.75) is 94.0 Å². The number of halogens is 1. The molecule has 2 bridgehead atoms. The van der Waals surface area contributed by atoms with E-state index in [1.807, 2.05) is 12.4 Å². The summed E-state index contributed by atoms with van der Waals surface area (Å²) in [7, 11) is 0. The Morgan fingerprint density at radius 3 is 2.92 bits per heavy atom. The van der Waals surface area contributed by atoms with Gasteiger partial charge in [-0.1, -0.05) is 31.2 Å². The van der Waals surface area contributed by atoms with Crippen molar-refractivity contribution in [3.05, 3.63) is 65.5 Å². The zero-order chi connectivity index (χ0) is 24.1. The van der Waals surface area contributed by atoms with Crippen molar-refractivity contribution in [2.24, 2.45) is 11.3 Å². The van der Waals surface area contributed by atoms with Gasteiger partial charge in [0.05, 0.1) is 11.2 Å². The van der Waals surface area contributed by atoms with Crippen molar-refractivity contribution in [1.82, 2.24) is 9.88 Å². The lowest BCUT2D eigenvalue weighted by molar-refractivity contribution is -0.140. The zero-order valence-electron chi connectivity index (χ0n) is 21.4. The number of allylic oxidation sites excluding steroid dienone is 1. The Balaban J connectivity index is 1.14. The highest BCUT2D eigenvalue weighted by atomic mass is 19.1. The second-order valence-electron chi connectivity index (χ2n) is 13.0. The fourth-order valence-electron chi connectivity index (χ4n) is 9.64. The fourth-order valence-corrected chi connectivity index (χ4v) is 9.64. The second kappa shape index (κ2) is 7.51. The molecule has 0 amide bonds. The first-order chi connectivity index (χ1) is 17.5. The molecule has 0 N–H and O–H groups in total. The monoisotopic (exact) mass is 484 g/mol. The maximum absolute atomic E-state index is 14.0. The first-order valence-electron chi connectivity index (χ1n) is 14.3. The Labute approximate surface area is 213 Å². The number of fused-ring (bicyclic) bond motifs is 2. The average molecular weight is 485 g/mol. The maximum Gasteiger partial charge on any atom is 0.114 e. The third-order valence-electron chi connectivity index (χ3n) is 11.4. The van der Waals surface area contributed by atoms with Crippen molar-refractivity contribution in [1.29, 1.82) is 0 Å². The van der Waals surface area contributed by atoms with Gasteiger partial charge in [-0.3, -0.25) is 9.88 Å². The van der Waals surface area contributed by atoms with Gasteiger partial charge in [-0.25, -0.2) is 4.39 Å². The van der Waals surface area contributed by atoms with E-state index in [1.165, 1.54) is 40.3 Å². The van der Waals surface area contributed by atoms with Crippen molar-refractivity contribution < 1.29 is 9.13 Å². The molecule has 2 aromatic rings. The smallest absolute Gasteiger partial charge is 0.114 e. The predicted molar refractivity (Wildman–Crippen MR) is 141 cm³/mol. The minimum Gasteiger partial charge on any atom is -0.359 e. The lowest BCUT2D eigenvalue weighted by Gasteiger charge is -2.55. The van der Waals surface area contributed by atoms with Crippen molar-refractivity contribution >= 4 is 10.8 Å². The van der Waals surface area contributed by atoms with Crippen molar-refractivity contribution in [3.8, 4) is 0 Å². The van der Waals surface area contributed by atoms with E-state index in [9.17, 15) is 4.39 Å². The van der Waals surface area contributed by atoms with Crippen LogP contribution >= 0.6 is 0 Å². The highest BCUT2D eigenvalue weighted by Gasteiger charge is 2.66. The molecule has 2 saturated heterocycles. The van der Waals surface area contributed by atoms with Gasteiger partial charge in [-0.15, -0.1) is 0 Å². The molecular formula is C32H37FN2O. The average Bonchev–Trinajstić information content (AvgIpc) is 3.57. The molecule has 188 valence electrons. The number of likely N-dealkylation sites (tertiary alicyclic amines) is 1. The second-order valence-corrected chi connectivity index (χ2v) is 13.0. The molecule has 3 aliphatic heterocycles. The van der Waals surface area contributed by atoms with Crippen LogP contribution in [0.25, 0.3) is 10.8 Å². The molecule has 3 nitrogen and oxygen atoms in total. The first-order valence-corrected chi connectivity index (χ1v) is 14.3. The van der Waals surface area contributed by atoms with E-state index >= 15 is 0 Å². The quantitative estimate of drug-likeness (QED) is 0.464. The number of ether oxygens (including phenoxy) is 1. The Morgan fingerprint density at radius 2 is 2.03 bits per heavy atom. The lowest BCUT2D eigenvalue weighted by Crippen LogP contribution is -2.55. The van der Waals surface area contributed by atoms with Gasteiger partial charge in [-0.05, 0) is 109 Å². The molecule has 4 fully saturated rings. The molecule has 36 heavy (non-hydrogen) atoms. The van der Waals surface area contributed by atoms with Crippen LogP contribution in [0, 0.1) is 11.3 Å². The number of hydrogen-bond acceptors (Lipinski definition) is 3. The minimum absolute atomic E-state index is 0.111. The minimum atomic E-state index is -0.642. The van der Waals surface area contributed by atoms with Gasteiger partial charge in [0.15, 0.2) is 0 Å². The first kappa shape index (κ1) is 22.0. The number of benzene rings is 1. The summed E-state index contributed by atoms with van der Waals surface area (Å²) in [5.74, 6) is 1.11. The summed E-state index contributed by atoms with van der Waals surface area (Å²) in [6, 6.07) is 9.63.